The largest absolute Gasteiger partial charge is 0.495 e. The maximum absolute atomic E-state index is 12.2. The minimum Gasteiger partial charge on any atom is -0.495 e. The topological polar surface area (TPSA) is 35.5 Å². The van der Waals surface area contributed by atoms with Crippen molar-refractivity contribution in [2.75, 3.05) is 14.2 Å². The van der Waals surface area contributed by atoms with Crippen LogP contribution in [0.2, 0.25) is 5.02 Å². The van der Waals surface area contributed by atoms with Gasteiger partial charge in [-0.3, -0.25) is 4.79 Å². The number of ether oxygens (including phenoxy) is 2. The number of methoxy groups -OCH3 is 2. The van der Waals surface area contributed by atoms with Gasteiger partial charge in [-0.25, -0.2) is 0 Å². The molecule has 4 heteroatoms. The van der Waals surface area contributed by atoms with Crippen LogP contribution in [0.3, 0.4) is 0 Å². The monoisotopic (exact) mass is 256 g/mol. The Bertz CT molecular complexity index is 402. The molecule has 1 aromatic rings. The van der Waals surface area contributed by atoms with Crippen LogP contribution in [0, 0.1) is 5.92 Å². The lowest BCUT2D eigenvalue weighted by Crippen LogP contribution is -2.28. The van der Waals surface area contributed by atoms with Crippen LogP contribution >= 0.6 is 11.6 Å². The van der Waals surface area contributed by atoms with E-state index in [1.165, 1.54) is 14.2 Å². The van der Waals surface area contributed by atoms with Crippen molar-refractivity contribution in [2.24, 2.45) is 5.92 Å². The molecule has 0 fully saturated rings. The lowest BCUT2D eigenvalue weighted by Gasteiger charge is -2.18. The Labute approximate surface area is 107 Å². The summed E-state index contributed by atoms with van der Waals surface area (Å²) in [5, 5.41) is 0.488. The highest BCUT2D eigenvalue weighted by molar-refractivity contribution is 6.32. The molecule has 0 aliphatic carbocycles. The fraction of sp³-hybridized carbons (Fsp3) is 0.462. The summed E-state index contributed by atoms with van der Waals surface area (Å²) in [6.07, 6.45) is -0.444. The molecule has 0 radical (unpaired) electrons. The third-order valence-electron chi connectivity index (χ3n) is 2.55. The van der Waals surface area contributed by atoms with Crippen LogP contribution < -0.4 is 4.74 Å². The van der Waals surface area contributed by atoms with Gasteiger partial charge in [-0.1, -0.05) is 25.4 Å². The minimum absolute atomic E-state index is 0.0579. The van der Waals surface area contributed by atoms with Crippen molar-refractivity contribution in [3.05, 3.63) is 28.8 Å². The second-order valence-corrected chi connectivity index (χ2v) is 4.52. The first-order chi connectivity index (χ1) is 8.01. The Morgan fingerprint density at radius 1 is 1.29 bits per heavy atom. The first-order valence-corrected chi connectivity index (χ1v) is 5.79. The van der Waals surface area contributed by atoms with Gasteiger partial charge in [-0.05, 0) is 24.1 Å². The molecule has 94 valence electrons. The predicted octanol–water partition coefficient (Wildman–Crippen LogP) is 3.20. The maximum atomic E-state index is 12.2. The van der Waals surface area contributed by atoms with Gasteiger partial charge < -0.3 is 9.47 Å². The smallest absolute Gasteiger partial charge is 0.191 e. The second-order valence-electron chi connectivity index (χ2n) is 4.11. The van der Waals surface area contributed by atoms with Gasteiger partial charge >= 0.3 is 0 Å². The van der Waals surface area contributed by atoms with Crippen LogP contribution in [-0.4, -0.2) is 26.1 Å². The van der Waals surface area contributed by atoms with E-state index in [-0.39, 0.29) is 11.7 Å². The van der Waals surface area contributed by atoms with E-state index in [9.17, 15) is 4.79 Å². The summed E-state index contributed by atoms with van der Waals surface area (Å²) in [4.78, 5) is 12.2. The summed E-state index contributed by atoms with van der Waals surface area (Å²) in [6, 6.07) is 4.97. The fourth-order valence-electron chi connectivity index (χ4n) is 1.66. The number of hydrogen-bond donors (Lipinski definition) is 0. The number of benzene rings is 1. The average molecular weight is 257 g/mol. The molecule has 0 amide bonds. The van der Waals surface area contributed by atoms with Crippen molar-refractivity contribution in [1.82, 2.24) is 0 Å². The zero-order valence-electron chi connectivity index (χ0n) is 10.5. The molecular formula is C13H17ClO3. The van der Waals surface area contributed by atoms with E-state index in [4.69, 9.17) is 21.1 Å². The van der Waals surface area contributed by atoms with Crippen LogP contribution in [0.25, 0.3) is 0 Å². The Morgan fingerprint density at radius 2 is 1.94 bits per heavy atom. The first kappa shape index (κ1) is 14.0. The molecule has 1 aromatic carbocycles. The summed E-state index contributed by atoms with van der Waals surface area (Å²) in [7, 11) is 3.06. The van der Waals surface area contributed by atoms with Crippen LogP contribution in [0.1, 0.15) is 24.2 Å². The highest BCUT2D eigenvalue weighted by Crippen LogP contribution is 2.26. The number of carbonyl (C=O) groups is 1. The lowest BCUT2D eigenvalue weighted by atomic mass is 9.97. The summed E-state index contributed by atoms with van der Waals surface area (Å²) in [5.41, 5.74) is 0.548. The number of carbonyl (C=O) groups excluding carboxylic acids is 1. The van der Waals surface area contributed by atoms with Crippen LogP contribution in [0.4, 0.5) is 0 Å². The van der Waals surface area contributed by atoms with E-state index < -0.39 is 6.10 Å². The standard InChI is InChI=1S/C13H17ClO3/c1-8(2)13(17-4)12(15)9-5-6-10(14)11(7-9)16-3/h5-8,13H,1-4H3. The molecule has 1 rings (SSSR count). The van der Waals surface area contributed by atoms with E-state index >= 15 is 0 Å². The third-order valence-corrected chi connectivity index (χ3v) is 2.87. The molecule has 0 bridgehead atoms. The molecule has 3 nitrogen and oxygen atoms in total. The Hall–Kier alpha value is -1.06. The number of halogens is 1. The molecule has 0 N–H and O–H groups in total. The Balaban J connectivity index is 3.03. The number of Topliss-reactive ketones (excluding diaryl/α,β-unsaturated/α-hetero) is 1. The number of ketones is 1. The third kappa shape index (κ3) is 3.20. The van der Waals surface area contributed by atoms with E-state index in [1.54, 1.807) is 18.2 Å². The van der Waals surface area contributed by atoms with Gasteiger partial charge in [0.15, 0.2) is 5.78 Å². The van der Waals surface area contributed by atoms with Gasteiger partial charge in [-0.2, -0.15) is 0 Å². The zero-order chi connectivity index (χ0) is 13.0. The molecular weight excluding hydrogens is 240 g/mol. The van der Waals surface area contributed by atoms with Crippen LogP contribution in [0.5, 0.6) is 5.75 Å². The molecule has 0 aliphatic rings. The van der Waals surface area contributed by atoms with Gasteiger partial charge in [0.25, 0.3) is 0 Å². The SMILES string of the molecule is COc1cc(C(=O)C(OC)C(C)C)ccc1Cl. The summed E-state index contributed by atoms with van der Waals surface area (Å²) < 4.78 is 10.3. The first-order valence-electron chi connectivity index (χ1n) is 5.41. The molecule has 1 unspecified atom stereocenters. The normalized spacial score (nSPS) is 12.6. The summed E-state index contributed by atoms with van der Waals surface area (Å²) in [5.74, 6) is 0.558. The molecule has 0 saturated carbocycles. The highest BCUT2D eigenvalue weighted by Gasteiger charge is 2.23. The molecule has 0 aliphatic heterocycles. The van der Waals surface area contributed by atoms with Gasteiger partial charge in [0.1, 0.15) is 11.9 Å². The van der Waals surface area contributed by atoms with Crippen molar-refractivity contribution in [1.29, 1.82) is 0 Å². The second kappa shape index (κ2) is 6.03. The van der Waals surface area contributed by atoms with E-state index in [1.807, 2.05) is 13.8 Å². The van der Waals surface area contributed by atoms with Crippen molar-refractivity contribution in [3.63, 3.8) is 0 Å². The summed E-state index contributed by atoms with van der Waals surface area (Å²) >= 11 is 5.91. The Morgan fingerprint density at radius 3 is 2.41 bits per heavy atom. The Kier molecular flexibility index (Phi) is 4.97. The molecule has 0 aromatic heterocycles. The van der Waals surface area contributed by atoms with E-state index in [0.717, 1.165) is 0 Å². The van der Waals surface area contributed by atoms with E-state index in [2.05, 4.69) is 0 Å². The highest BCUT2D eigenvalue weighted by atomic mass is 35.5. The quantitative estimate of drug-likeness (QED) is 0.759. The average Bonchev–Trinajstić information content (AvgIpc) is 2.29. The summed E-state index contributed by atoms with van der Waals surface area (Å²) in [6.45, 7) is 3.89. The number of rotatable bonds is 5. The fourth-order valence-corrected chi connectivity index (χ4v) is 1.85. The van der Waals surface area contributed by atoms with E-state index in [0.29, 0.717) is 16.3 Å². The van der Waals surface area contributed by atoms with Gasteiger partial charge in [0.2, 0.25) is 0 Å². The van der Waals surface area contributed by atoms with Crippen molar-refractivity contribution < 1.29 is 14.3 Å². The minimum atomic E-state index is -0.444. The van der Waals surface area contributed by atoms with Crippen LogP contribution in [-0.2, 0) is 4.74 Å². The molecule has 0 saturated heterocycles. The number of hydrogen-bond acceptors (Lipinski definition) is 3. The van der Waals surface area contributed by atoms with Gasteiger partial charge in [0.05, 0.1) is 12.1 Å². The molecule has 17 heavy (non-hydrogen) atoms. The van der Waals surface area contributed by atoms with Crippen molar-refractivity contribution in [3.8, 4) is 5.75 Å². The predicted molar refractivity (Wildman–Crippen MR) is 68.0 cm³/mol. The van der Waals surface area contributed by atoms with Crippen molar-refractivity contribution >= 4 is 17.4 Å². The molecule has 0 heterocycles. The van der Waals surface area contributed by atoms with Gasteiger partial charge in [0, 0.05) is 12.7 Å². The lowest BCUT2D eigenvalue weighted by molar-refractivity contribution is 0.0458. The van der Waals surface area contributed by atoms with Crippen molar-refractivity contribution in [2.45, 2.75) is 20.0 Å². The van der Waals surface area contributed by atoms with Crippen LogP contribution in [0.15, 0.2) is 18.2 Å². The van der Waals surface area contributed by atoms with Gasteiger partial charge in [-0.15, -0.1) is 0 Å². The maximum Gasteiger partial charge on any atom is 0.191 e. The zero-order valence-corrected chi connectivity index (χ0v) is 11.2. The molecule has 1 atom stereocenters. The molecule has 0 spiro atoms.